The minimum atomic E-state index is 0. The average Bonchev–Trinajstić information content (AvgIpc) is 3.20. The van der Waals surface area contributed by atoms with Crippen LogP contribution in [0.4, 0.5) is 0 Å². The van der Waals surface area contributed by atoms with E-state index in [-0.39, 0.29) is 24.0 Å². The highest BCUT2D eigenvalue weighted by atomic mass is 127. The van der Waals surface area contributed by atoms with Crippen LogP contribution in [-0.4, -0.2) is 46.5 Å². The zero-order valence-electron chi connectivity index (χ0n) is 15.3. The van der Waals surface area contributed by atoms with Gasteiger partial charge in [-0.05, 0) is 25.5 Å². The van der Waals surface area contributed by atoms with Crippen molar-refractivity contribution >= 4 is 52.3 Å². The Labute approximate surface area is 175 Å². The highest BCUT2D eigenvalue weighted by Crippen LogP contribution is 2.11. The van der Waals surface area contributed by atoms with Crippen molar-refractivity contribution in [1.29, 1.82) is 0 Å². The number of aromatic nitrogens is 3. The number of fused-ring (bicyclic) bond motifs is 1. The van der Waals surface area contributed by atoms with Gasteiger partial charge in [0.15, 0.2) is 5.96 Å². The maximum atomic E-state index is 4.61. The molecule has 2 aromatic heterocycles. The fourth-order valence-electron chi connectivity index (χ4n) is 2.76. The van der Waals surface area contributed by atoms with Crippen LogP contribution in [0.5, 0.6) is 0 Å². The first-order chi connectivity index (χ1) is 12.2. The van der Waals surface area contributed by atoms with Crippen molar-refractivity contribution in [1.82, 2.24) is 25.2 Å². The van der Waals surface area contributed by atoms with Crippen LogP contribution in [0.3, 0.4) is 0 Å². The Morgan fingerprint density at radius 1 is 1.31 bits per heavy atom. The molecule has 0 bridgehead atoms. The van der Waals surface area contributed by atoms with E-state index in [1.54, 1.807) is 11.3 Å². The summed E-state index contributed by atoms with van der Waals surface area (Å²) in [6.07, 6.45) is 1.90. The summed E-state index contributed by atoms with van der Waals surface area (Å²) in [5.74, 6) is 1.92. The second-order valence-electron chi connectivity index (χ2n) is 5.99. The quantitative estimate of drug-likeness (QED) is 0.243. The summed E-state index contributed by atoms with van der Waals surface area (Å²) in [5.41, 5.74) is 3.20. The Bertz CT molecular complexity index is 823. The molecule has 0 aliphatic heterocycles. The minimum Gasteiger partial charge on any atom is -0.356 e. The van der Waals surface area contributed by atoms with E-state index in [0.717, 1.165) is 59.5 Å². The number of aliphatic imine (C=N–C) groups is 1. The molecule has 0 spiro atoms. The molecule has 6 nitrogen and oxygen atoms in total. The van der Waals surface area contributed by atoms with Crippen LogP contribution >= 0.6 is 35.3 Å². The van der Waals surface area contributed by atoms with E-state index in [1.807, 2.05) is 39.2 Å². The third-order valence-corrected chi connectivity index (χ3v) is 4.77. The third-order valence-electron chi connectivity index (χ3n) is 3.95. The van der Waals surface area contributed by atoms with Crippen LogP contribution in [0.25, 0.3) is 11.0 Å². The SMILES string of the molecule is CN=C(NCCCc1nc2ccccc2[nH]1)N(C)Cc1csc(C)n1.I. The number of nitrogens with zero attached hydrogens (tertiary/aromatic N) is 4. The number of guanidine groups is 1. The van der Waals surface area contributed by atoms with E-state index in [1.165, 1.54) is 0 Å². The Hall–Kier alpha value is -1.68. The van der Waals surface area contributed by atoms with Gasteiger partial charge in [0.25, 0.3) is 0 Å². The van der Waals surface area contributed by atoms with Crippen LogP contribution in [0.2, 0.25) is 0 Å². The van der Waals surface area contributed by atoms with Gasteiger partial charge in [0, 0.05) is 32.4 Å². The van der Waals surface area contributed by atoms with Gasteiger partial charge in [-0.2, -0.15) is 0 Å². The summed E-state index contributed by atoms with van der Waals surface area (Å²) < 4.78 is 0. The molecule has 2 N–H and O–H groups in total. The number of imidazole rings is 1. The van der Waals surface area contributed by atoms with E-state index in [2.05, 4.69) is 41.6 Å². The smallest absolute Gasteiger partial charge is 0.193 e. The van der Waals surface area contributed by atoms with Gasteiger partial charge in [-0.3, -0.25) is 4.99 Å². The Morgan fingerprint density at radius 2 is 2.12 bits per heavy atom. The normalized spacial score (nSPS) is 11.4. The van der Waals surface area contributed by atoms with Crippen molar-refractivity contribution < 1.29 is 0 Å². The van der Waals surface area contributed by atoms with E-state index in [0.29, 0.717) is 0 Å². The van der Waals surface area contributed by atoms with Gasteiger partial charge in [-0.15, -0.1) is 35.3 Å². The van der Waals surface area contributed by atoms with Crippen molar-refractivity contribution in [2.24, 2.45) is 4.99 Å². The monoisotopic (exact) mass is 484 g/mol. The predicted octanol–water partition coefficient (Wildman–Crippen LogP) is 3.59. The molecule has 2 heterocycles. The molecule has 140 valence electrons. The van der Waals surface area contributed by atoms with Crippen LogP contribution in [0.1, 0.15) is 22.9 Å². The summed E-state index contributed by atoms with van der Waals surface area (Å²) in [7, 11) is 3.84. The lowest BCUT2D eigenvalue weighted by molar-refractivity contribution is 0.469. The largest absolute Gasteiger partial charge is 0.356 e. The summed E-state index contributed by atoms with van der Waals surface area (Å²) >= 11 is 1.68. The molecule has 1 aromatic carbocycles. The number of benzene rings is 1. The Morgan fingerprint density at radius 3 is 2.81 bits per heavy atom. The molecule has 3 rings (SSSR count). The number of rotatable bonds is 6. The number of nitrogens with one attached hydrogen (secondary N) is 2. The molecule has 0 fully saturated rings. The first-order valence-electron chi connectivity index (χ1n) is 8.42. The van der Waals surface area contributed by atoms with Gasteiger partial charge < -0.3 is 15.2 Å². The van der Waals surface area contributed by atoms with Crippen LogP contribution < -0.4 is 5.32 Å². The second-order valence-corrected chi connectivity index (χ2v) is 7.05. The lowest BCUT2D eigenvalue weighted by Gasteiger charge is -2.21. The van der Waals surface area contributed by atoms with Gasteiger partial charge in [-0.25, -0.2) is 9.97 Å². The van der Waals surface area contributed by atoms with E-state index >= 15 is 0 Å². The topological polar surface area (TPSA) is 69.2 Å². The molecule has 0 amide bonds. The number of aryl methyl sites for hydroxylation is 2. The maximum absolute atomic E-state index is 4.61. The molecule has 0 radical (unpaired) electrons. The number of hydrogen-bond donors (Lipinski definition) is 2. The number of H-pyrrole nitrogens is 1. The van der Waals surface area contributed by atoms with Gasteiger partial charge >= 0.3 is 0 Å². The first kappa shape index (κ1) is 20.6. The molecule has 0 saturated carbocycles. The van der Waals surface area contributed by atoms with Crippen molar-refractivity contribution in [3.8, 4) is 0 Å². The van der Waals surface area contributed by atoms with Crippen LogP contribution in [-0.2, 0) is 13.0 Å². The first-order valence-corrected chi connectivity index (χ1v) is 9.30. The van der Waals surface area contributed by atoms with Crippen molar-refractivity contribution in [3.05, 3.63) is 46.2 Å². The number of para-hydroxylation sites is 2. The van der Waals surface area contributed by atoms with Gasteiger partial charge in [0.1, 0.15) is 5.82 Å². The number of halogens is 1. The van der Waals surface area contributed by atoms with E-state index < -0.39 is 0 Å². The highest BCUT2D eigenvalue weighted by Gasteiger charge is 2.08. The van der Waals surface area contributed by atoms with Crippen LogP contribution in [0.15, 0.2) is 34.6 Å². The zero-order chi connectivity index (χ0) is 17.6. The summed E-state index contributed by atoms with van der Waals surface area (Å²) in [6.45, 7) is 3.64. The van der Waals surface area contributed by atoms with Gasteiger partial charge in [-0.1, -0.05) is 12.1 Å². The Balaban J connectivity index is 0.00000243. The second kappa shape index (κ2) is 9.86. The van der Waals surface area contributed by atoms with Crippen LogP contribution in [0, 0.1) is 6.92 Å². The van der Waals surface area contributed by atoms with Crippen molar-refractivity contribution in [2.45, 2.75) is 26.3 Å². The summed E-state index contributed by atoms with van der Waals surface area (Å²) in [6, 6.07) is 8.12. The minimum absolute atomic E-state index is 0. The number of hydrogen-bond acceptors (Lipinski definition) is 4. The van der Waals surface area contributed by atoms with Gasteiger partial charge in [0.2, 0.25) is 0 Å². The van der Waals surface area contributed by atoms with E-state index in [9.17, 15) is 0 Å². The highest BCUT2D eigenvalue weighted by molar-refractivity contribution is 14.0. The fourth-order valence-corrected chi connectivity index (χ4v) is 3.37. The predicted molar refractivity (Wildman–Crippen MR) is 120 cm³/mol. The maximum Gasteiger partial charge on any atom is 0.193 e. The molecule has 8 heteroatoms. The molecule has 26 heavy (non-hydrogen) atoms. The zero-order valence-corrected chi connectivity index (χ0v) is 18.5. The molecule has 0 aliphatic rings. The molecule has 3 aromatic rings. The summed E-state index contributed by atoms with van der Waals surface area (Å²) in [4.78, 5) is 18.9. The molecular formula is C18H25IN6S. The molecule has 0 aliphatic carbocycles. The number of thiazole rings is 1. The Kier molecular flexibility index (Phi) is 7.83. The summed E-state index contributed by atoms with van der Waals surface area (Å²) in [5, 5.41) is 6.60. The van der Waals surface area contributed by atoms with Crippen molar-refractivity contribution in [2.75, 3.05) is 20.6 Å². The molecular weight excluding hydrogens is 459 g/mol. The molecule has 0 saturated heterocycles. The molecule has 0 atom stereocenters. The third kappa shape index (κ3) is 5.41. The number of aromatic amines is 1. The van der Waals surface area contributed by atoms with E-state index in [4.69, 9.17) is 0 Å². The molecule has 0 unspecified atom stereocenters. The lowest BCUT2D eigenvalue weighted by Crippen LogP contribution is -2.39. The van der Waals surface area contributed by atoms with Crippen molar-refractivity contribution in [3.63, 3.8) is 0 Å². The fraction of sp³-hybridized carbons (Fsp3) is 0.389. The standard InChI is InChI=1S/C18H24N6S.HI/c1-13-21-14(12-25-13)11-24(3)18(19-2)20-10-6-9-17-22-15-7-4-5-8-16(15)23-17;/h4-5,7-8,12H,6,9-11H2,1-3H3,(H,19,20)(H,22,23);1H. The van der Waals surface area contributed by atoms with Gasteiger partial charge in [0.05, 0.1) is 28.3 Å². The lowest BCUT2D eigenvalue weighted by atomic mass is 10.3. The average molecular weight is 484 g/mol.